The van der Waals surface area contributed by atoms with Crippen LogP contribution in [0.25, 0.3) is 0 Å². The fourth-order valence-electron chi connectivity index (χ4n) is 1.93. The topological polar surface area (TPSA) is 89.3 Å². The van der Waals surface area contributed by atoms with Gasteiger partial charge in [0.05, 0.1) is 5.69 Å². The van der Waals surface area contributed by atoms with Crippen molar-refractivity contribution in [3.05, 3.63) is 23.8 Å². The van der Waals surface area contributed by atoms with E-state index in [0.717, 1.165) is 31.2 Å². The summed E-state index contributed by atoms with van der Waals surface area (Å²) in [6.07, 6.45) is 5.26. The number of carbonyl (C=O) groups excluding carboxylic acids is 1. The number of carbonyl (C=O) groups is 1. The van der Waals surface area contributed by atoms with Crippen LogP contribution in [0.3, 0.4) is 0 Å². The van der Waals surface area contributed by atoms with Gasteiger partial charge in [-0.15, -0.1) is 0 Å². The van der Waals surface area contributed by atoms with Gasteiger partial charge in [-0.1, -0.05) is 32.3 Å². The van der Waals surface area contributed by atoms with Crippen molar-refractivity contribution in [2.24, 2.45) is 5.73 Å². The molecule has 0 saturated carbocycles. The van der Waals surface area contributed by atoms with Crippen LogP contribution in [0.4, 0.5) is 10.5 Å². The second-order valence-corrected chi connectivity index (χ2v) is 7.10. The Bertz CT molecular complexity index is 573. The third-order valence-corrected chi connectivity index (χ3v) is 4.26. The monoisotopic (exact) mass is 318 g/mol. The molecule has 0 spiro atoms. The zero-order valence-electron chi connectivity index (χ0n) is 11.4. The summed E-state index contributed by atoms with van der Waals surface area (Å²) in [4.78, 5) is 10.8. The molecule has 0 aliphatic rings. The molecule has 112 valence electrons. The molecule has 1 aromatic carbocycles. The molecule has 0 heterocycles. The second kappa shape index (κ2) is 7.50. The van der Waals surface area contributed by atoms with Crippen LogP contribution in [-0.4, -0.2) is 14.4 Å². The third kappa shape index (κ3) is 5.38. The van der Waals surface area contributed by atoms with Crippen molar-refractivity contribution in [2.75, 3.05) is 5.32 Å². The fourth-order valence-corrected chi connectivity index (χ4v) is 2.94. The number of unbranched alkanes of at least 4 members (excludes halogenated alkanes) is 3. The zero-order valence-corrected chi connectivity index (χ0v) is 12.9. The first kappa shape index (κ1) is 16.8. The Labute approximate surface area is 123 Å². The molecule has 5 nitrogen and oxygen atoms in total. The number of urea groups is 1. The Hall–Kier alpha value is -1.27. The Kier molecular flexibility index (Phi) is 6.29. The van der Waals surface area contributed by atoms with Crippen LogP contribution in [0, 0.1) is 0 Å². The van der Waals surface area contributed by atoms with E-state index < -0.39 is 15.1 Å². The summed E-state index contributed by atoms with van der Waals surface area (Å²) in [6.45, 7) is 2.13. The maximum atomic E-state index is 11.4. The maximum Gasteiger partial charge on any atom is 0.316 e. The van der Waals surface area contributed by atoms with Crippen LogP contribution in [0.2, 0.25) is 0 Å². The minimum atomic E-state index is -3.92. The quantitative estimate of drug-likeness (QED) is 0.597. The Balaban J connectivity index is 2.93. The van der Waals surface area contributed by atoms with Gasteiger partial charge in [0, 0.05) is 10.7 Å². The number of nitrogens with two attached hydrogens (primary N) is 1. The van der Waals surface area contributed by atoms with Gasteiger partial charge in [-0.3, -0.25) is 0 Å². The van der Waals surface area contributed by atoms with Gasteiger partial charge >= 0.3 is 6.03 Å². The molecule has 7 heteroatoms. The molecule has 1 rings (SSSR count). The van der Waals surface area contributed by atoms with Gasteiger partial charge < -0.3 is 11.1 Å². The highest BCUT2D eigenvalue weighted by atomic mass is 35.7. The Morgan fingerprint density at radius 2 is 2.00 bits per heavy atom. The molecule has 0 aliphatic heterocycles. The van der Waals surface area contributed by atoms with E-state index in [-0.39, 0.29) is 10.6 Å². The predicted octanol–water partition coefficient (Wildman–Crippen LogP) is 3.23. The van der Waals surface area contributed by atoms with Crippen molar-refractivity contribution in [2.45, 2.75) is 43.9 Å². The van der Waals surface area contributed by atoms with Gasteiger partial charge in [-0.05, 0) is 30.5 Å². The van der Waals surface area contributed by atoms with Crippen LogP contribution >= 0.6 is 10.7 Å². The highest BCUT2D eigenvalue weighted by Crippen LogP contribution is 2.26. The lowest BCUT2D eigenvalue weighted by molar-refractivity contribution is 0.259. The summed E-state index contributed by atoms with van der Waals surface area (Å²) in [7, 11) is 1.40. The van der Waals surface area contributed by atoms with E-state index in [1.165, 1.54) is 12.5 Å². The normalized spacial score (nSPS) is 11.3. The van der Waals surface area contributed by atoms with Gasteiger partial charge in [0.1, 0.15) is 4.90 Å². The number of benzene rings is 1. The summed E-state index contributed by atoms with van der Waals surface area (Å²) >= 11 is 0. The number of anilines is 1. The number of amides is 2. The number of hydrogen-bond acceptors (Lipinski definition) is 3. The summed E-state index contributed by atoms with van der Waals surface area (Å²) in [5.41, 5.74) is 6.10. The van der Waals surface area contributed by atoms with E-state index in [2.05, 4.69) is 12.2 Å². The minimum Gasteiger partial charge on any atom is -0.351 e. The first-order valence-electron chi connectivity index (χ1n) is 6.48. The van der Waals surface area contributed by atoms with E-state index in [9.17, 15) is 13.2 Å². The lowest BCUT2D eigenvalue weighted by Crippen LogP contribution is -2.20. The van der Waals surface area contributed by atoms with Crippen molar-refractivity contribution >= 4 is 31.5 Å². The minimum absolute atomic E-state index is 0.125. The van der Waals surface area contributed by atoms with E-state index in [1.54, 1.807) is 12.1 Å². The maximum absolute atomic E-state index is 11.4. The number of rotatable bonds is 7. The first-order chi connectivity index (χ1) is 9.34. The summed E-state index contributed by atoms with van der Waals surface area (Å²) in [5, 5.41) is 2.30. The number of halogens is 1. The molecule has 1 aromatic rings. The molecule has 0 unspecified atom stereocenters. The standard InChI is InChI=1S/C13H19ClN2O3S/c1-2-3-4-5-6-10-7-8-12(20(14,18)19)11(9-10)16-13(15)17/h7-9H,2-6H2,1H3,(H3,15,16,17). The lowest BCUT2D eigenvalue weighted by atomic mass is 10.1. The van der Waals surface area contributed by atoms with Gasteiger partial charge in [0.25, 0.3) is 9.05 Å². The van der Waals surface area contributed by atoms with Crippen molar-refractivity contribution in [3.8, 4) is 0 Å². The molecule has 3 N–H and O–H groups in total. The number of aryl methyl sites for hydroxylation is 1. The van der Waals surface area contributed by atoms with Crippen molar-refractivity contribution in [1.29, 1.82) is 0 Å². The van der Waals surface area contributed by atoms with Crippen LogP contribution in [0.5, 0.6) is 0 Å². The summed E-state index contributed by atoms with van der Waals surface area (Å²) in [5.74, 6) is 0. The molecule has 2 amide bonds. The molecule has 20 heavy (non-hydrogen) atoms. The third-order valence-electron chi connectivity index (χ3n) is 2.88. The molecule has 0 aromatic heterocycles. The van der Waals surface area contributed by atoms with Gasteiger partial charge in [0.15, 0.2) is 0 Å². The SMILES string of the molecule is CCCCCCc1ccc(S(=O)(=O)Cl)c(NC(N)=O)c1. The smallest absolute Gasteiger partial charge is 0.316 e. The first-order valence-corrected chi connectivity index (χ1v) is 8.79. The summed E-state index contributed by atoms with van der Waals surface area (Å²) in [6, 6.07) is 3.87. The molecular formula is C13H19ClN2O3S. The highest BCUT2D eigenvalue weighted by molar-refractivity contribution is 8.13. The molecule has 0 atom stereocenters. The van der Waals surface area contributed by atoms with Crippen LogP contribution in [-0.2, 0) is 15.5 Å². The van der Waals surface area contributed by atoms with Crippen molar-refractivity contribution in [1.82, 2.24) is 0 Å². The van der Waals surface area contributed by atoms with Crippen molar-refractivity contribution < 1.29 is 13.2 Å². The molecule has 0 saturated heterocycles. The van der Waals surface area contributed by atoms with Crippen LogP contribution < -0.4 is 11.1 Å². The molecule has 0 aliphatic carbocycles. The van der Waals surface area contributed by atoms with Crippen molar-refractivity contribution in [3.63, 3.8) is 0 Å². The van der Waals surface area contributed by atoms with E-state index in [0.29, 0.717) is 0 Å². The van der Waals surface area contributed by atoms with E-state index >= 15 is 0 Å². The number of nitrogens with one attached hydrogen (secondary N) is 1. The van der Waals surface area contributed by atoms with Gasteiger partial charge in [-0.2, -0.15) is 0 Å². The molecule has 0 fully saturated rings. The van der Waals surface area contributed by atoms with E-state index in [4.69, 9.17) is 16.4 Å². The fraction of sp³-hybridized carbons (Fsp3) is 0.462. The number of hydrogen-bond donors (Lipinski definition) is 2. The average molecular weight is 319 g/mol. The zero-order chi connectivity index (χ0) is 15.2. The molecular weight excluding hydrogens is 300 g/mol. The van der Waals surface area contributed by atoms with Gasteiger partial charge in [0.2, 0.25) is 0 Å². The largest absolute Gasteiger partial charge is 0.351 e. The predicted molar refractivity (Wildman–Crippen MR) is 80.5 cm³/mol. The lowest BCUT2D eigenvalue weighted by Gasteiger charge is -2.10. The molecule has 0 radical (unpaired) electrons. The highest BCUT2D eigenvalue weighted by Gasteiger charge is 2.17. The Morgan fingerprint density at radius 3 is 2.55 bits per heavy atom. The average Bonchev–Trinajstić information content (AvgIpc) is 2.32. The second-order valence-electron chi connectivity index (χ2n) is 4.57. The molecule has 0 bridgehead atoms. The summed E-state index contributed by atoms with van der Waals surface area (Å²) < 4.78 is 22.8. The number of primary amides is 1. The van der Waals surface area contributed by atoms with Crippen LogP contribution in [0.1, 0.15) is 38.2 Å². The van der Waals surface area contributed by atoms with E-state index in [1.807, 2.05) is 0 Å². The van der Waals surface area contributed by atoms with Gasteiger partial charge in [-0.25, -0.2) is 13.2 Å². The Morgan fingerprint density at radius 1 is 1.30 bits per heavy atom. The van der Waals surface area contributed by atoms with Crippen LogP contribution in [0.15, 0.2) is 23.1 Å².